The zero-order chi connectivity index (χ0) is 16.6. The number of aromatic nitrogens is 1. The minimum Gasteiger partial charge on any atom is -0.260 e. The van der Waals surface area contributed by atoms with Gasteiger partial charge in [-0.2, -0.15) is 0 Å². The molecular formula is C20H29NS. The number of pyridine rings is 1. The van der Waals surface area contributed by atoms with Crippen molar-refractivity contribution in [1.29, 1.82) is 0 Å². The van der Waals surface area contributed by atoms with Crippen molar-refractivity contribution in [2.75, 3.05) is 0 Å². The molecule has 0 unspecified atom stereocenters. The van der Waals surface area contributed by atoms with Gasteiger partial charge in [0.1, 0.15) is 0 Å². The van der Waals surface area contributed by atoms with Gasteiger partial charge in [0.25, 0.3) is 0 Å². The Morgan fingerprint density at radius 1 is 1.05 bits per heavy atom. The van der Waals surface area contributed by atoms with Gasteiger partial charge in [0.05, 0.1) is 5.69 Å². The maximum absolute atomic E-state index is 4.69. The van der Waals surface area contributed by atoms with Gasteiger partial charge in [-0.25, -0.2) is 0 Å². The Kier molecular flexibility index (Phi) is 5.21. The van der Waals surface area contributed by atoms with Gasteiger partial charge in [-0.15, -0.1) is 11.8 Å². The Morgan fingerprint density at radius 2 is 1.68 bits per heavy atom. The third kappa shape index (κ3) is 3.17. The van der Waals surface area contributed by atoms with Gasteiger partial charge in [-0.05, 0) is 56.2 Å². The number of rotatable bonds is 2. The predicted molar refractivity (Wildman–Crippen MR) is 99.6 cm³/mol. The Balaban J connectivity index is 2.85. The standard InChI is InChI=1S/C20H29NS/c1-11(2)17-9-13(5)14(6)16(8)22-20-15(7)21-10-18(12(3)4)19(17)20/h9-12,16H,1-8H3/b14-13-,17-9-/t16-/m1/s1. The van der Waals surface area contributed by atoms with Crippen molar-refractivity contribution in [3.05, 3.63) is 40.2 Å². The molecule has 2 heteroatoms. The molecule has 0 fully saturated rings. The second-order valence-electron chi connectivity index (χ2n) is 7.04. The van der Waals surface area contributed by atoms with Crippen LogP contribution in [0.25, 0.3) is 5.57 Å². The average Bonchev–Trinajstić information content (AvgIpc) is 2.44. The minimum absolute atomic E-state index is 0.490. The number of hydrogen-bond donors (Lipinski definition) is 0. The lowest BCUT2D eigenvalue weighted by Crippen LogP contribution is -2.11. The molecule has 2 rings (SSSR count). The molecule has 0 spiro atoms. The largest absolute Gasteiger partial charge is 0.260 e. The zero-order valence-corrected chi connectivity index (χ0v) is 16.1. The van der Waals surface area contributed by atoms with E-state index in [2.05, 4.69) is 67.7 Å². The molecule has 1 aliphatic rings. The van der Waals surface area contributed by atoms with E-state index in [4.69, 9.17) is 4.98 Å². The normalized spacial score (nSPS) is 24.8. The van der Waals surface area contributed by atoms with Crippen LogP contribution in [0.4, 0.5) is 0 Å². The van der Waals surface area contributed by atoms with Crippen LogP contribution in [0.5, 0.6) is 0 Å². The lowest BCUT2D eigenvalue weighted by Gasteiger charge is -2.27. The van der Waals surface area contributed by atoms with Crippen molar-refractivity contribution in [3.8, 4) is 0 Å². The topological polar surface area (TPSA) is 12.9 Å². The lowest BCUT2D eigenvalue weighted by molar-refractivity contribution is 0.808. The number of fused-ring (bicyclic) bond motifs is 1. The van der Waals surface area contributed by atoms with Crippen LogP contribution in [-0.2, 0) is 0 Å². The number of nitrogens with zero attached hydrogens (tertiary/aromatic N) is 1. The van der Waals surface area contributed by atoms with Gasteiger partial charge in [0, 0.05) is 16.3 Å². The second kappa shape index (κ2) is 6.62. The summed E-state index contributed by atoms with van der Waals surface area (Å²) in [5, 5.41) is 0.492. The molecule has 120 valence electrons. The summed E-state index contributed by atoms with van der Waals surface area (Å²) < 4.78 is 0. The van der Waals surface area contributed by atoms with Crippen LogP contribution >= 0.6 is 11.8 Å². The third-order valence-electron chi connectivity index (χ3n) is 4.67. The maximum Gasteiger partial charge on any atom is 0.0514 e. The van der Waals surface area contributed by atoms with Crippen molar-refractivity contribution in [2.24, 2.45) is 5.92 Å². The van der Waals surface area contributed by atoms with Crippen LogP contribution in [-0.4, -0.2) is 10.2 Å². The lowest BCUT2D eigenvalue weighted by atomic mass is 9.86. The van der Waals surface area contributed by atoms with Crippen LogP contribution in [0.2, 0.25) is 0 Å². The van der Waals surface area contributed by atoms with Gasteiger partial charge in [-0.1, -0.05) is 44.9 Å². The van der Waals surface area contributed by atoms with Gasteiger partial charge in [-0.3, -0.25) is 4.98 Å². The summed E-state index contributed by atoms with van der Waals surface area (Å²) in [6, 6.07) is 0. The average molecular weight is 316 g/mol. The monoisotopic (exact) mass is 315 g/mol. The highest BCUT2D eigenvalue weighted by Crippen LogP contribution is 2.43. The van der Waals surface area contributed by atoms with E-state index in [1.165, 1.54) is 32.7 Å². The summed E-state index contributed by atoms with van der Waals surface area (Å²) in [6.45, 7) is 18.1. The van der Waals surface area contributed by atoms with Gasteiger partial charge >= 0.3 is 0 Å². The molecule has 0 aliphatic carbocycles. The first kappa shape index (κ1) is 17.3. The van der Waals surface area contributed by atoms with E-state index in [1.807, 2.05) is 11.8 Å². The van der Waals surface area contributed by atoms with E-state index in [9.17, 15) is 0 Å². The second-order valence-corrected chi connectivity index (χ2v) is 8.39. The third-order valence-corrected chi connectivity index (χ3v) is 6.12. The van der Waals surface area contributed by atoms with E-state index >= 15 is 0 Å². The molecule has 1 aromatic heterocycles. The Labute approximate surface area is 140 Å². The fourth-order valence-electron chi connectivity index (χ4n) is 2.94. The predicted octanol–water partition coefficient (Wildman–Crippen LogP) is 6.38. The van der Waals surface area contributed by atoms with E-state index in [0.717, 1.165) is 5.69 Å². The molecule has 0 aromatic carbocycles. The summed E-state index contributed by atoms with van der Waals surface area (Å²) in [7, 11) is 0. The summed E-state index contributed by atoms with van der Waals surface area (Å²) in [5.74, 6) is 1.000. The zero-order valence-electron chi connectivity index (χ0n) is 15.2. The number of hydrogen-bond acceptors (Lipinski definition) is 2. The summed E-state index contributed by atoms with van der Waals surface area (Å²) in [6.07, 6.45) is 4.51. The summed E-state index contributed by atoms with van der Waals surface area (Å²) in [4.78, 5) is 6.07. The molecule has 1 aliphatic heterocycles. The first-order valence-corrected chi connectivity index (χ1v) is 9.17. The van der Waals surface area contributed by atoms with Gasteiger partial charge in [0.2, 0.25) is 0 Å². The van der Waals surface area contributed by atoms with Crippen molar-refractivity contribution in [1.82, 2.24) is 4.98 Å². The maximum atomic E-state index is 4.69. The van der Waals surface area contributed by atoms with Crippen molar-refractivity contribution < 1.29 is 0 Å². The molecule has 0 N–H and O–H groups in total. The quantitative estimate of drug-likeness (QED) is 0.627. The molecule has 2 heterocycles. The fraction of sp³-hybridized carbons (Fsp3) is 0.550. The Morgan fingerprint density at radius 3 is 2.23 bits per heavy atom. The van der Waals surface area contributed by atoms with E-state index in [1.54, 1.807) is 0 Å². The molecular weight excluding hydrogens is 286 g/mol. The summed E-state index contributed by atoms with van der Waals surface area (Å²) in [5.41, 5.74) is 8.34. The number of thioether (sulfide) groups is 1. The van der Waals surface area contributed by atoms with Crippen molar-refractivity contribution in [2.45, 2.75) is 71.5 Å². The SMILES string of the molecule is CC1=C(\C)[C@@H](C)Sc2c(C)ncc(C(C)C)c2/C(C(C)C)=C\1. The molecule has 22 heavy (non-hydrogen) atoms. The van der Waals surface area contributed by atoms with Crippen LogP contribution in [0.1, 0.15) is 71.2 Å². The minimum atomic E-state index is 0.490. The molecule has 0 bridgehead atoms. The molecule has 0 amide bonds. The van der Waals surface area contributed by atoms with Crippen molar-refractivity contribution in [3.63, 3.8) is 0 Å². The summed E-state index contributed by atoms with van der Waals surface area (Å²) >= 11 is 1.98. The van der Waals surface area contributed by atoms with E-state index in [0.29, 0.717) is 17.1 Å². The van der Waals surface area contributed by atoms with Gasteiger partial charge < -0.3 is 0 Å². The highest BCUT2D eigenvalue weighted by molar-refractivity contribution is 8.00. The smallest absolute Gasteiger partial charge is 0.0514 e. The number of allylic oxidation sites excluding steroid dienone is 3. The Hall–Kier alpha value is -1.02. The molecule has 0 radical (unpaired) electrons. The van der Waals surface area contributed by atoms with Gasteiger partial charge in [0.15, 0.2) is 0 Å². The van der Waals surface area contributed by atoms with Crippen LogP contribution in [0.15, 0.2) is 28.3 Å². The van der Waals surface area contributed by atoms with Crippen LogP contribution in [0.3, 0.4) is 0 Å². The fourth-order valence-corrected chi connectivity index (χ4v) is 4.23. The first-order valence-electron chi connectivity index (χ1n) is 8.29. The Bertz CT molecular complexity index is 635. The molecule has 1 nitrogen and oxygen atoms in total. The molecule has 1 atom stereocenters. The van der Waals surface area contributed by atoms with Crippen LogP contribution in [0, 0.1) is 12.8 Å². The molecule has 0 saturated carbocycles. The van der Waals surface area contributed by atoms with E-state index in [-0.39, 0.29) is 0 Å². The highest BCUT2D eigenvalue weighted by Gasteiger charge is 2.24. The molecule has 0 saturated heterocycles. The van der Waals surface area contributed by atoms with Crippen LogP contribution < -0.4 is 0 Å². The highest BCUT2D eigenvalue weighted by atomic mass is 32.2. The van der Waals surface area contributed by atoms with Crippen molar-refractivity contribution >= 4 is 17.3 Å². The van der Waals surface area contributed by atoms with E-state index < -0.39 is 0 Å². The first-order chi connectivity index (χ1) is 10.2. The number of aryl methyl sites for hydroxylation is 1. The molecule has 1 aromatic rings.